The maximum atomic E-state index is 8.72. The molecule has 0 radical (unpaired) electrons. The molecule has 5 nitrogen and oxygen atoms in total. The molecular formula is C16H14N4O. The van der Waals surface area contributed by atoms with Crippen LogP contribution in [0.1, 0.15) is 31.2 Å². The molecule has 0 aliphatic heterocycles. The van der Waals surface area contributed by atoms with Crippen molar-refractivity contribution in [3.8, 4) is 23.6 Å². The van der Waals surface area contributed by atoms with Crippen molar-refractivity contribution in [3.05, 3.63) is 41.3 Å². The molecule has 21 heavy (non-hydrogen) atoms. The number of aryl methyl sites for hydroxylation is 1. The minimum absolute atomic E-state index is 0.0717. The van der Waals surface area contributed by atoms with Crippen molar-refractivity contribution in [1.29, 1.82) is 10.5 Å². The average molecular weight is 278 g/mol. The van der Waals surface area contributed by atoms with E-state index in [9.17, 15) is 0 Å². The number of hydrogen-bond acceptors (Lipinski definition) is 5. The molecule has 0 fully saturated rings. The van der Waals surface area contributed by atoms with Gasteiger partial charge in [-0.15, -0.1) is 10.2 Å². The van der Waals surface area contributed by atoms with Crippen LogP contribution in [-0.4, -0.2) is 10.2 Å². The highest BCUT2D eigenvalue weighted by atomic mass is 16.4. The van der Waals surface area contributed by atoms with Gasteiger partial charge in [0.2, 0.25) is 11.8 Å². The Labute approximate surface area is 123 Å². The van der Waals surface area contributed by atoms with Crippen LogP contribution in [0.5, 0.6) is 0 Å². The van der Waals surface area contributed by atoms with Crippen molar-refractivity contribution in [2.45, 2.75) is 26.2 Å². The summed E-state index contributed by atoms with van der Waals surface area (Å²) in [6.07, 6.45) is 4.43. The van der Waals surface area contributed by atoms with E-state index >= 15 is 0 Å². The van der Waals surface area contributed by atoms with Crippen LogP contribution in [-0.2, 0) is 6.42 Å². The molecule has 0 amide bonds. The lowest BCUT2D eigenvalue weighted by Crippen LogP contribution is -1.83. The van der Waals surface area contributed by atoms with E-state index in [0.29, 0.717) is 11.8 Å². The summed E-state index contributed by atoms with van der Waals surface area (Å²) >= 11 is 0. The number of benzene rings is 1. The zero-order chi connectivity index (χ0) is 15.1. The van der Waals surface area contributed by atoms with Crippen molar-refractivity contribution in [3.63, 3.8) is 0 Å². The first kappa shape index (κ1) is 14.5. The van der Waals surface area contributed by atoms with E-state index in [4.69, 9.17) is 14.9 Å². The van der Waals surface area contributed by atoms with Gasteiger partial charge in [0.05, 0.1) is 0 Å². The SMILES string of the molecule is CCCCc1nnc(-c2ccc(C=C(C#N)C#N)cc2)o1. The van der Waals surface area contributed by atoms with E-state index in [2.05, 4.69) is 17.1 Å². The van der Waals surface area contributed by atoms with Crippen LogP contribution in [0.15, 0.2) is 34.3 Å². The molecule has 104 valence electrons. The summed E-state index contributed by atoms with van der Waals surface area (Å²) in [4.78, 5) is 0. The number of aromatic nitrogens is 2. The lowest BCUT2D eigenvalue weighted by atomic mass is 10.1. The van der Waals surface area contributed by atoms with Gasteiger partial charge in [0.1, 0.15) is 17.7 Å². The second kappa shape index (κ2) is 7.02. The molecule has 0 saturated carbocycles. The zero-order valence-electron chi connectivity index (χ0n) is 11.7. The predicted molar refractivity (Wildman–Crippen MR) is 77.5 cm³/mol. The van der Waals surface area contributed by atoms with Crippen molar-refractivity contribution in [2.75, 3.05) is 0 Å². The quantitative estimate of drug-likeness (QED) is 0.781. The van der Waals surface area contributed by atoms with E-state index < -0.39 is 0 Å². The van der Waals surface area contributed by atoms with Crippen molar-refractivity contribution in [1.82, 2.24) is 10.2 Å². The van der Waals surface area contributed by atoms with Gasteiger partial charge in [0.15, 0.2) is 0 Å². The fourth-order valence-corrected chi connectivity index (χ4v) is 1.78. The highest BCUT2D eigenvalue weighted by molar-refractivity contribution is 5.64. The van der Waals surface area contributed by atoms with Crippen LogP contribution < -0.4 is 0 Å². The molecule has 2 rings (SSSR count). The average Bonchev–Trinajstić information content (AvgIpc) is 3.00. The molecule has 0 spiro atoms. The van der Waals surface area contributed by atoms with E-state index in [-0.39, 0.29) is 5.57 Å². The van der Waals surface area contributed by atoms with E-state index in [0.717, 1.165) is 30.4 Å². The zero-order valence-corrected chi connectivity index (χ0v) is 11.7. The van der Waals surface area contributed by atoms with E-state index in [1.807, 2.05) is 24.3 Å². The summed E-state index contributed by atoms with van der Waals surface area (Å²) in [7, 11) is 0. The van der Waals surface area contributed by atoms with Gasteiger partial charge in [-0.2, -0.15) is 10.5 Å². The lowest BCUT2D eigenvalue weighted by Gasteiger charge is -1.96. The van der Waals surface area contributed by atoms with Gasteiger partial charge in [-0.1, -0.05) is 25.5 Å². The smallest absolute Gasteiger partial charge is 0.247 e. The Morgan fingerprint density at radius 2 is 1.90 bits per heavy atom. The third-order valence-corrected chi connectivity index (χ3v) is 2.92. The predicted octanol–water partition coefficient (Wildman–Crippen LogP) is 3.51. The van der Waals surface area contributed by atoms with Crippen LogP contribution in [0.3, 0.4) is 0 Å². The van der Waals surface area contributed by atoms with Gasteiger partial charge >= 0.3 is 0 Å². The molecular weight excluding hydrogens is 264 g/mol. The topological polar surface area (TPSA) is 86.5 Å². The van der Waals surface area contributed by atoms with Gasteiger partial charge in [0, 0.05) is 12.0 Å². The highest BCUT2D eigenvalue weighted by Gasteiger charge is 2.07. The largest absolute Gasteiger partial charge is 0.421 e. The fourth-order valence-electron chi connectivity index (χ4n) is 1.78. The Morgan fingerprint density at radius 1 is 1.19 bits per heavy atom. The molecule has 2 aromatic rings. The second-order valence-corrected chi connectivity index (χ2v) is 4.51. The minimum atomic E-state index is 0.0717. The molecule has 1 aromatic heterocycles. The standard InChI is InChI=1S/C16H14N4O/c1-2-3-4-15-19-20-16(21-15)14-7-5-12(6-8-14)9-13(10-17)11-18/h5-9H,2-4H2,1H3. The first-order valence-electron chi connectivity index (χ1n) is 6.71. The second-order valence-electron chi connectivity index (χ2n) is 4.51. The summed E-state index contributed by atoms with van der Waals surface area (Å²) in [6, 6.07) is 10.9. The van der Waals surface area contributed by atoms with Crippen LogP contribution in [0.2, 0.25) is 0 Å². The van der Waals surface area contributed by atoms with Crippen LogP contribution >= 0.6 is 0 Å². The minimum Gasteiger partial charge on any atom is -0.421 e. The van der Waals surface area contributed by atoms with Gasteiger partial charge < -0.3 is 4.42 Å². The van der Waals surface area contributed by atoms with Crippen LogP contribution in [0.25, 0.3) is 17.5 Å². The Hall–Kier alpha value is -2.92. The summed E-state index contributed by atoms with van der Waals surface area (Å²) in [6.45, 7) is 2.11. The molecule has 1 aromatic carbocycles. The first-order valence-corrected chi connectivity index (χ1v) is 6.71. The van der Waals surface area contributed by atoms with E-state index in [1.165, 1.54) is 6.08 Å². The number of unbranched alkanes of at least 4 members (excludes halogenated alkanes) is 1. The molecule has 0 atom stereocenters. The number of rotatable bonds is 5. The molecule has 0 aliphatic carbocycles. The molecule has 0 N–H and O–H groups in total. The van der Waals surface area contributed by atoms with Crippen molar-refractivity contribution in [2.24, 2.45) is 0 Å². The Bertz CT molecular complexity index is 698. The van der Waals surface area contributed by atoms with Gasteiger partial charge in [0.25, 0.3) is 0 Å². The maximum absolute atomic E-state index is 8.72. The summed E-state index contributed by atoms with van der Waals surface area (Å²) < 4.78 is 5.59. The number of nitriles is 2. The maximum Gasteiger partial charge on any atom is 0.247 e. The highest BCUT2D eigenvalue weighted by Crippen LogP contribution is 2.20. The number of allylic oxidation sites excluding steroid dienone is 1. The third kappa shape index (κ3) is 3.77. The number of nitrogens with zero attached hydrogens (tertiary/aromatic N) is 4. The van der Waals surface area contributed by atoms with Gasteiger partial charge in [-0.05, 0) is 30.2 Å². The number of hydrogen-bond donors (Lipinski definition) is 0. The Kier molecular flexibility index (Phi) is 4.84. The molecule has 5 heteroatoms. The molecule has 0 bridgehead atoms. The lowest BCUT2D eigenvalue weighted by molar-refractivity contribution is 0.496. The monoisotopic (exact) mass is 278 g/mol. The van der Waals surface area contributed by atoms with Crippen LogP contribution in [0, 0.1) is 22.7 Å². The molecule has 1 heterocycles. The summed E-state index contributed by atoms with van der Waals surface area (Å²) in [5.41, 5.74) is 1.67. The van der Waals surface area contributed by atoms with E-state index in [1.54, 1.807) is 12.1 Å². The summed E-state index contributed by atoms with van der Waals surface area (Å²) in [5, 5.41) is 25.5. The van der Waals surface area contributed by atoms with Crippen molar-refractivity contribution < 1.29 is 4.42 Å². The summed E-state index contributed by atoms with van der Waals surface area (Å²) in [5.74, 6) is 1.13. The normalized spacial score (nSPS) is 9.67. The van der Waals surface area contributed by atoms with Crippen molar-refractivity contribution >= 4 is 6.08 Å². The Balaban J connectivity index is 2.16. The Morgan fingerprint density at radius 3 is 2.52 bits per heavy atom. The van der Waals surface area contributed by atoms with Gasteiger partial charge in [-0.3, -0.25) is 0 Å². The van der Waals surface area contributed by atoms with Gasteiger partial charge in [-0.25, -0.2) is 0 Å². The third-order valence-electron chi connectivity index (χ3n) is 2.92. The fraction of sp³-hybridized carbons (Fsp3) is 0.250. The molecule has 0 unspecified atom stereocenters. The molecule has 0 aliphatic rings. The van der Waals surface area contributed by atoms with Crippen LogP contribution in [0.4, 0.5) is 0 Å². The first-order chi connectivity index (χ1) is 10.3. The molecule has 0 saturated heterocycles.